The van der Waals surface area contributed by atoms with Crippen LogP contribution in [0, 0.1) is 0 Å². The molecule has 0 spiro atoms. The Hall–Kier alpha value is -1.96. The number of ether oxygens (including phenoxy) is 2. The first-order chi connectivity index (χ1) is 11.2. The van der Waals surface area contributed by atoms with E-state index in [0.29, 0.717) is 5.92 Å². The van der Waals surface area contributed by atoms with Gasteiger partial charge >= 0.3 is 0 Å². The summed E-state index contributed by atoms with van der Waals surface area (Å²) in [6.45, 7) is 2.28. The number of aryl methyl sites for hydroxylation is 2. The number of rotatable bonds is 2. The molecule has 122 valence electrons. The van der Waals surface area contributed by atoms with Crippen molar-refractivity contribution in [2.24, 2.45) is 0 Å². The van der Waals surface area contributed by atoms with E-state index in [-0.39, 0.29) is 0 Å². The molecule has 0 unspecified atom stereocenters. The summed E-state index contributed by atoms with van der Waals surface area (Å²) in [5.41, 5.74) is 5.40. The van der Waals surface area contributed by atoms with E-state index in [1.165, 1.54) is 41.5 Å². The van der Waals surface area contributed by atoms with Crippen LogP contribution in [0.2, 0.25) is 0 Å². The van der Waals surface area contributed by atoms with Gasteiger partial charge in [0.05, 0.1) is 14.2 Å². The van der Waals surface area contributed by atoms with Gasteiger partial charge in [0, 0.05) is 5.92 Å². The highest BCUT2D eigenvalue weighted by Gasteiger charge is 2.15. The average molecular weight is 310 g/mol. The molecule has 1 aliphatic carbocycles. The highest BCUT2D eigenvalue weighted by molar-refractivity contribution is 5.45. The largest absolute Gasteiger partial charge is 0.496 e. The molecule has 2 heteroatoms. The van der Waals surface area contributed by atoms with Gasteiger partial charge in [-0.25, -0.2) is 0 Å². The van der Waals surface area contributed by atoms with E-state index in [9.17, 15) is 0 Å². The third-order valence-electron chi connectivity index (χ3n) is 5.00. The topological polar surface area (TPSA) is 18.5 Å². The standard InChI is InChI=1S/C21H26O2/c1-15-16-9-11-20(22-2)18(13-16)7-5-4-6-8-19-14-17(15)10-12-21(19)23-3/h9-15H,4-8H2,1-3H3. The zero-order chi connectivity index (χ0) is 16.2. The first-order valence-corrected chi connectivity index (χ1v) is 8.56. The molecule has 0 saturated carbocycles. The van der Waals surface area contributed by atoms with E-state index in [0.717, 1.165) is 24.3 Å². The predicted molar refractivity (Wildman–Crippen MR) is 94.8 cm³/mol. The van der Waals surface area contributed by atoms with Gasteiger partial charge in [0.25, 0.3) is 0 Å². The Balaban J connectivity index is 2.04. The molecule has 23 heavy (non-hydrogen) atoms. The number of methoxy groups -OCH3 is 2. The van der Waals surface area contributed by atoms with Crippen LogP contribution in [0.3, 0.4) is 0 Å². The molecule has 4 bridgehead atoms. The molecule has 0 amide bonds. The maximum atomic E-state index is 5.54. The summed E-state index contributed by atoms with van der Waals surface area (Å²) < 4.78 is 11.1. The second-order valence-electron chi connectivity index (χ2n) is 6.42. The number of fused-ring (bicyclic) bond motifs is 4. The summed E-state index contributed by atoms with van der Waals surface area (Å²) in [6.07, 6.45) is 5.83. The van der Waals surface area contributed by atoms with Gasteiger partial charge in [-0.2, -0.15) is 0 Å². The second kappa shape index (κ2) is 7.08. The van der Waals surface area contributed by atoms with Gasteiger partial charge < -0.3 is 9.47 Å². The van der Waals surface area contributed by atoms with Crippen LogP contribution in [0.25, 0.3) is 0 Å². The third-order valence-corrected chi connectivity index (χ3v) is 5.00. The van der Waals surface area contributed by atoms with Gasteiger partial charge in [0.15, 0.2) is 0 Å². The highest BCUT2D eigenvalue weighted by atomic mass is 16.5. The number of benzene rings is 2. The van der Waals surface area contributed by atoms with Crippen molar-refractivity contribution in [3.63, 3.8) is 0 Å². The Bertz CT molecular complexity index is 618. The fourth-order valence-electron chi connectivity index (χ4n) is 3.53. The fraction of sp³-hybridized carbons (Fsp3) is 0.429. The smallest absolute Gasteiger partial charge is 0.122 e. The number of hydrogen-bond acceptors (Lipinski definition) is 2. The molecule has 2 aromatic carbocycles. The summed E-state index contributed by atoms with van der Waals surface area (Å²) in [7, 11) is 3.53. The van der Waals surface area contributed by atoms with E-state index in [2.05, 4.69) is 43.3 Å². The van der Waals surface area contributed by atoms with Crippen molar-refractivity contribution in [3.05, 3.63) is 58.7 Å². The molecule has 2 aromatic rings. The third kappa shape index (κ3) is 3.36. The summed E-state index contributed by atoms with van der Waals surface area (Å²) in [6, 6.07) is 13.3. The molecule has 0 heterocycles. The van der Waals surface area contributed by atoms with E-state index in [4.69, 9.17) is 9.47 Å². The van der Waals surface area contributed by atoms with E-state index in [1.54, 1.807) is 14.2 Å². The normalized spacial score (nSPS) is 15.4. The fourth-order valence-corrected chi connectivity index (χ4v) is 3.53. The molecule has 0 atom stereocenters. The van der Waals surface area contributed by atoms with Crippen LogP contribution < -0.4 is 9.47 Å². The Morgan fingerprint density at radius 2 is 1.22 bits per heavy atom. The SMILES string of the molecule is COc1ccc2cc1CCCCCc1cc(ccc1OC)C2C. The molecule has 0 N–H and O–H groups in total. The average Bonchev–Trinajstić information content (AvgIpc) is 2.59. The lowest BCUT2D eigenvalue weighted by Gasteiger charge is -2.19. The van der Waals surface area contributed by atoms with Crippen molar-refractivity contribution >= 4 is 0 Å². The van der Waals surface area contributed by atoms with Crippen molar-refractivity contribution < 1.29 is 9.47 Å². The van der Waals surface area contributed by atoms with Crippen LogP contribution in [0.1, 0.15) is 54.4 Å². The molecule has 0 fully saturated rings. The first-order valence-electron chi connectivity index (χ1n) is 8.56. The van der Waals surface area contributed by atoms with Crippen molar-refractivity contribution in [1.82, 2.24) is 0 Å². The Labute approximate surface area is 139 Å². The van der Waals surface area contributed by atoms with Crippen LogP contribution >= 0.6 is 0 Å². The van der Waals surface area contributed by atoms with Crippen molar-refractivity contribution in [2.75, 3.05) is 14.2 Å². The van der Waals surface area contributed by atoms with Gasteiger partial charge in [0.1, 0.15) is 11.5 Å². The van der Waals surface area contributed by atoms with E-state index in [1.807, 2.05) is 0 Å². The van der Waals surface area contributed by atoms with Crippen LogP contribution in [0.5, 0.6) is 11.5 Å². The molecule has 3 rings (SSSR count). The molecular formula is C21H26O2. The highest BCUT2D eigenvalue weighted by Crippen LogP contribution is 2.33. The van der Waals surface area contributed by atoms with Crippen molar-refractivity contribution in [1.29, 1.82) is 0 Å². The summed E-state index contributed by atoms with van der Waals surface area (Å²) >= 11 is 0. The maximum Gasteiger partial charge on any atom is 0.122 e. The first kappa shape index (κ1) is 15.9. The van der Waals surface area contributed by atoms with Crippen LogP contribution in [-0.4, -0.2) is 14.2 Å². The van der Waals surface area contributed by atoms with Crippen molar-refractivity contribution in [2.45, 2.75) is 44.9 Å². The molecule has 0 aliphatic heterocycles. The summed E-state index contributed by atoms with van der Waals surface area (Å²) in [5, 5.41) is 0. The Morgan fingerprint density at radius 1 is 0.739 bits per heavy atom. The van der Waals surface area contributed by atoms with Gasteiger partial charge in [-0.05, 0) is 60.1 Å². The van der Waals surface area contributed by atoms with Crippen LogP contribution in [-0.2, 0) is 12.8 Å². The molecule has 0 saturated heterocycles. The van der Waals surface area contributed by atoms with Crippen molar-refractivity contribution in [3.8, 4) is 11.5 Å². The zero-order valence-electron chi connectivity index (χ0n) is 14.4. The second-order valence-corrected chi connectivity index (χ2v) is 6.42. The molecular weight excluding hydrogens is 284 g/mol. The lowest BCUT2D eigenvalue weighted by molar-refractivity contribution is 0.407. The molecule has 2 nitrogen and oxygen atoms in total. The minimum Gasteiger partial charge on any atom is -0.496 e. The van der Waals surface area contributed by atoms with Crippen LogP contribution in [0.4, 0.5) is 0 Å². The van der Waals surface area contributed by atoms with E-state index < -0.39 is 0 Å². The summed E-state index contributed by atoms with van der Waals surface area (Å²) in [5.74, 6) is 2.42. The molecule has 0 radical (unpaired) electrons. The van der Waals surface area contributed by atoms with Gasteiger partial charge in [-0.3, -0.25) is 0 Å². The lowest BCUT2D eigenvalue weighted by atomic mass is 9.88. The Kier molecular flexibility index (Phi) is 4.90. The zero-order valence-corrected chi connectivity index (χ0v) is 14.4. The quantitative estimate of drug-likeness (QED) is 0.766. The summed E-state index contributed by atoms with van der Waals surface area (Å²) in [4.78, 5) is 0. The minimum atomic E-state index is 0.378. The van der Waals surface area contributed by atoms with E-state index >= 15 is 0 Å². The van der Waals surface area contributed by atoms with Gasteiger partial charge in [0.2, 0.25) is 0 Å². The Morgan fingerprint density at radius 3 is 1.65 bits per heavy atom. The van der Waals surface area contributed by atoms with Gasteiger partial charge in [-0.1, -0.05) is 37.6 Å². The molecule has 0 aromatic heterocycles. The predicted octanol–water partition coefficient (Wildman–Crippen LogP) is 5.12. The monoisotopic (exact) mass is 310 g/mol. The maximum absolute atomic E-state index is 5.54. The van der Waals surface area contributed by atoms with Crippen LogP contribution in [0.15, 0.2) is 36.4 Å². The lowest BCUT2D eigenvalue weighted by Crippen LogP contribution is -2.03. The minimum absolute atomic E-state index is 0.378. The number of hydrogen-bond donors (Lipinski definition) is 0. The van der Waals surface area contributed by atoms with Gasteiger partial charge in [-0.15, -0.1) is 0 Å². The molecule has 1 aliphatic rings.